The molecule has 1 amide bonds. The van der Waals surface area contributed by atoms with E-state index in [1.807, 2.05) is 36.4 Å². The van der Waals surface area contributed by atoms with Gasteiger partial charge in [-0.1, -0.05) is 18.2 Å². The van der Waals surface area contributed by atoms with Gasteiger partial charge in [0.2, 0.25) is 5.91 Å². The number of hydrogen-bond donors (Lipinski definition) is 2. The maximum Gasteiger partial charge on any atom is 0.235 e. The number of benzene rings is 1. The van der Waals surface area contributed by atoms with Gasteiger partial charge in [0.1, 0.15) is 11.6 Å². The van der Waals surface area contributed by atoms with Gasteiger partial charge in [-0.2, -0.15) is 0 Å². The highest BCUT2D eigenvalue weighted by atomic mass is 19.1. The van der Waals surface area contributed by atoms with Gasteiger partial charge in [0.25, 0.3) is 0 Å². The zero-order valence-corrected chi connectivity index (χ0v) is 18.9. The van der Waals surface area contributed by atoms with Gasteiger partial charge in [-0.25, -0.2) is 9.37 Å². The Balaban J connectivity index is 1.50. The van der Waals surface area contributed by atoms with Crippen molar-refractivity contribution in [2.24, 2.45) is 0 Å². The van der Waals surface area contributed by atoms with Crippen LogP contribution in [0.4, 0.5) is 10.2 Å². The van der Waals surface area contributed by atoms with Gasteiger partial charge in [0.15, 0.2) is 0 Å². The molecule has 1 atom stereocenters. The van der Waals surface area contributed by atoms with Crippen molar-refractivity contribution >= 4 is 22.8 Å². The first-order chi connectivity index (χ1) is 17.1. The van der Waals surface area contributed by atoms with Gasteiger partial charge < -0.3 is 15.0 Å². The molecular weight excluding hydrogens is 445 g/mol. The lowest BCUT2D eigenvalue weighted by atomic mass is 9.99. The van der Waals surface area contributed by atoms with Crippen molar-refractivity contribution in [3.63, 3.8) is 0 Å². The highest BCUT2D eigenvalue weighted by Crippen LogP contribution is 2.36. The summed E-state index contributed by atoms with van der Waals surface area (Å²) < 4.78 is 18.6. The minimum Gasteiger partial charge on any atom is -0.384 e. The number of methoxy groups -OCH3 is 1. The van der Waals surface area contributed by atoms with Crippen LogP contribution >= 0.6 is 0 Å². The molecule has 0 unspecified atom stereocenters. The summed E-state index contributed by atoms with van der Waals surface area (Å²) in [6.07, 6.45) is 5.12. The molecule has 2 N–H and O–H groups in total. The van der Waals surface area contributed by atoms with E-state index in [2.05, 4.69) is 25.3 Å². The second kappa shape index (κ2) is 9.82. The van der Waals surface area contributed by atoms with Crippen molar-refractivity contribution in [2.45, 2.75) is 5.92 Å². The molecule has 8 heteroatoms. The van der Waals surface area contributed by atoms with Crippen molar-refractivity contribution in [3.8, 4) is 22.5 Å². The second-order valence-electron chi connectivity index (χ2n) is 7.97. The van der Waals surface area contributed by atoms with E-state index < -0.39 is 5.92 Å². The molecule has 174 valence electrons. The fraction of sp³-hybridized carbons (Fsp3) is 0.111. The Kier molecular flexibility index (Phi) is 6.28. The van der Waals surface area contributed by atoms with Gasteiger partial charge in [-0.15, -0.1) is 0 Å². The fourth-order valence-corrected chi connectivity index (χ4v) is 4.05. The molecule has 4 heterocycles. The molecule has 0 fully saturated rings. The van der Waals surface area contributed by atoms with E-state index >= 15 is 0 Å². The largest absolute Gasteiger partial charge is 0.384 e. The summed E-state index contributed by atoms with van der Waals surface area (Å²) >= 11 is 0. The van der Waals surface area contributed by atoms with Crippen LogP contribution in [0.1, 0.15) is 11.5 Å². The molecule has 0 saturated heterocycles. The molecule has 35 heavy (non-hydrogen) atoms. The maximum absolute atomic E-state index is 13.4. The molecule has 0 saturated carbocycles. The smallest absolute Gasteiger partial charge is 0.235 e. The number of halogens is 1. The summed E-state index contributed by atoms with van der Waals surface area (Å²) in [5.74, 6) is -0.899. The lowest BCUT2D eigenvalue weighted by Gasteiger charge is -2.16. The first-order valence-electron chi connectivity index (χ1n) is 11.0. The van der Waals surface area contributed by atoms with Crippen molar-refractivity contribution < 1.29 is 13.9 Å². The number of pyridine rings is 3. The summed E-state index contributed by atoms with van der Waals surface area (Å²) in [4.78, 5) is 30.0. The first kappa shape index (κ1) is 22.4. The van der Waals surface area contributed by atoms with Gasteiger partial charge >= 0.3 is 0 Å². The molecule has 0 radical (unpaired) electrons. The van der Waals surface area contributed by atoms with Gasteiger partial charge in [0, 0.05) is 31.3 Å². The van der Waals surface area contributed by atoms with Crippen molar-refractivity contribution in [2.75, 3.05) is 19.0 Å². The third-order valence-corrected chi connectivity index (χ3v) is 5.70. The fourth-order valence-electron chi connectivity index (χ4n) is 4.05. The van der Waals surface area contributed by atoms with Crippen molar-refractivity contribution in [1.82, 2.24) is 19.9 Å². The number of nitrogens with one attached hydrogen (secondary N) is 2. The van der Waals surface area contributed by atoms with Crippen molar-refractivity contribution in [1.29, 1.82) is 0 Å². The average molecular weight is 468 g/mol. The van der Waals surface area contributed by atoms with Crippen molar-refractivity contribution in [3.05, 3.63) is 96.7 Å². The normalized spacial score (nSPS) is 11.9. The van der Waals surface area contributed by atoms with Crippen LogP contribution in [0.2, 0.25) is 0 Å². The van der Waals surface area contributed by atoms with E-state index in [-0.39, 0.29) is 18.3 Å². The summed E-state index contributed by atoms with van der Waals surface area (Å²) in [5, 5.41) is 2.87. The Morgan fingerprint density at radius 1 is 1.00 bits per heavy atom. The topological polar surface area (TPSA) is 92.8 Å². The molecule has 4 aromatic heterocycles. The van der Waals surface area contributed by atoms with E-state index in [1.165, 1.54) is 19.2 Å². The Morgan fingerprint density at radius 3 is 2.60 bits per heavy atom. The lowest BCUT2D eigenvalue weighted by molar-refractivity contribution is -0.118. The predicted molar refractivity (Wildman–Crippen MR) is 132 cm³/mol. The number of fused-ring (bicyclic) bond motifs is 1. The number of H-pyrrole nitrogens is 1. The Hall–Kier alpha value is -4.43. The number of anilines is 1. The summed E-state index contributed by atoms with van der Waals surface area (Å²) in [5.41, 5.74) is 5.63. The quantitative estimate of drug-likeness (QED) is 0.343. The van der Waals surface area contributed by atoms with E-state index in [4.69, 9.17) is 4.74 Å². The van der Waals surface area contributed by atoms with Gasteiger partial charge in [-0.05, 0) is 54.1 Å². The molecule has 0 spiro atoms. The number of aromatic amines is 1. The Labute approximate surface area is 201 Å². The van der Waals surface area contributed by atoms with Crippen LogP contribution in [-0.2, 0) is 9.53 Å². The van der Waals surface area contributed by atoms with Crippen LogP contribution in [0.25, 0.3) is 33.5 Å². The van der Waals surface area contributed by atoms with Gasteiger partial charge in [0.05, 0.1) is 40.5 Å². The number of carbonyl (C=O) groups excluding carboxylic acids is 1. The predicted octanol–water partition coefficient (Wildman–Crippen LogP) is 5.19. The summed E-state index contributed by atoms with van der Waals surface area (Å²) in [6, 6.07) is 19.0. The number of carbonyl (C=O) groups is 1. The molecule has 7 nitrogen and oxygen atoms in total. The standard InChI is InChI=1S/C27H22FN5O2/c1-35-16-20(17-7-9-19(28)10-8-17)27(34)33-23-15-18(11-14-30-23)25-24(21-5-2-3-12-29-21)26-22(32-25)6-4-13-31-26/h2-15,20,32H,16H2,1H3,(H,30,33,34)/t20-/m0/s1. The SMILES string of the molecule is COC[C@H](C(=O)Nc1cc(-c2[nH]c3cccnc3c2-c2ccccn2)ccn1)c1ccc(F)cc1. The summed E-state index contributed by atoms with van der Waals surface area (Å²) in [6.45, 7) is 0.147. The molecule has 0 aliphatic heterocycles. The third kappa shape index (κ3) is 4.64. The van der Waals surface area contributed by atoms with E-state index in [0.29, 0.717) is 11.4 Å². The molecule has 5 aromatic rings. The Morgan fingerprint density at radius 2 is 1.83 bits per heavy atom. The highest BCUT2D eigenvalue weighted by Gasteiger charge is 2.22. The molecular formula is C27H22FN5O2. The molecule has 0 bridgehead atoms. The van der Waals surface area contributed by atoms with Crippen LogP contribution in [0, 0.1) is 5.82 Å². The minimum atomic E-state index is -0.618. The van der Waals surface area contributed by atoms with Crippen LogP contribution in [0.5, 0.6) is 0 Å². The number of nitrogens with zero attached hydrogens (tertiary/aromatic N) is 3. The number of amides is 1. The lowest BCUT2D eigenvalue weighted by Crippen LogP contribution is -2.25. The Bertz CT molecular complexity index is 1470. The molecule has 0 aliphatic carbocycles. The van der Waals surface area contributed by atoms with Crippen LogP contribution in [0.15, 0.2) is 85.3 Å². The van der Waals surface area contributed by atoms with Crippen LogP contribution in [0.3, 0.4) is 0 Å². The van der Waals surface area contributed by atoms with Gasteiger partial charge in [-0.3, -0.25) is 14.8 Å². The van der Waals surface area contributed by atoms with Crippen LogP contribution in [-0.4, -0.2) is 39.6 Å². The monoisotopic (exact) mass is 467 g/mol. The third-order valence-electron chi connectivity index (χ3n) is 5.70. The first-order valence-corrected chi connectivity index (χ1v) is 11.0. The number of hydrogen-bond acceptors (Lipinski definition) is 5. The van der Waals surface area contributed by atoms with Crippen LogP contribution < -0.4 is 5.32 Å². The zero-order chi connectivity index (χ0) is 24.2. The number of rotatable bonds is 7. The molecule has 0 aliphatic rings. The number of aromatic nitrogens is 4. The minimum absolute atomic E-state index is 0.147. The zero-order valence-electron chi connectivity index (χ0n) is 18.9. The maximum atomic E-state index is 13.4. The highest BCUT2D eigenvalue weighted by molar-refractivity contribution is 6.01. The average Bonchev–Trinajstić information content (AvgIpc) is 3.28. The van der Waals surface area contributed by atoms with E-state index in [0.717, 1.165) is 33.5 Å². The number of ether oxygens (including phenoxy) is 1. The van der Waals surface area contributed by atoms with E-state index in [1.54, 1.807) is 36.8 Å². The molecule has 5 rings (SSSR count). The second-order valence-corrected chi connectivity index (χ2v) is 7.97. The summed E-state index contributed by atoms with van der Waals surface area (Å²) in [7, 11) is 1.52. The van der Waals surface area contributed by atoms with E-state index in [9.17, 15) is 9.18 Å². The molecule has 1 aromatic carbocycles.